The molecule has 2 atom stereocenters. The molecular formula is C17H28O5S. The van der Waals surface area contributed by atoms with Gasteiger partial charge in [0.1, 0.15) is 0 Å². The molecule has 1 heterocycles. The van der Waals surface area contributed by atoms with Crippen molar-refractivity contribution in [3.63, 3.8) is 0 Å². The van der Waals surface area contributed by atoms with Gasteiger partial charge in [-0.25, -0.2) is 4.79 Å². The molecule has 0 aromatic carbocycles. The molecule has 0 spiro atoms. The summed E-state index contributed by atoms with van der Waals surface area (Å²) < 4.78 is 5.57. The maximum atomic E-state index is 11.1. The van der Waals surface area contributed by atoms with Crippen LogP contribution in [0.3, 0.4) is 0 Å². The molecule has 23 heavy (non-hydrogen) atoms. The van der Waals surface area contributed by atoms with Crippen LogP contribution in [0.1, 0.15) is 51.0 Å². The van der Waals surface area contributed by atoms with E-state index < -0.39 is 17.7 Å². The molecule has 1 rings (SSSR count). The number of aliphatic carboxylic acids is 1. The molecule has 0 amide bonds. The molecule has 1 aromatic rings. The molecule has 0 aliphatic rings. The van der Waals surface area contributed by atoms with E-state index in [0.717, 1.165) is 32.3 Å². The molecule has 6 heteroatoms. The molecule has 3 N–H and O–H groups in total. The number of carboxylic acids is 1. The number of ether oxygens (including phenoxy) is 1. The largest absolute Gasteiger partial charge is 0.479 e. The molecule has 0 bridgehead atoms. The zero-order chi connectivity index (χ0) is 17.1. The van der Waals surface area contributed by atoms with Crippen molar-refractivity contribution in [1.29, 1.82) is 0 Å². The Morgan fingerprint density at radius 3 is 2.65 bits per heavy atom. The Kier molecular flexibility index (Phi) is 9.40. The smallest absolute Gasteiger partial charge is 0.338 e. The zero-order valence-electron chi connectivity index (χ0n) is 13.7. The summed E-state index contributed by atoms with van der Waals surface area (Å²) in [6.45, 7) is 3.08. The Hall–Kier alpha value is -0.950. The molecule has 0 fully saturated rings. The number of hydrogen-bond donors (Lipinski definition) is 3. The van der Waals surface area contributed by atoms with Crippen LogP contribution in [-0.2, 0) is 16.0 Å². The Morgan fingerprint density at radius 2 is 2.04 bits per heavy atom. The minimum atomic E-state index is -2.02. The number of hydrogen-bond acceptors (Lipinski definition) is 5. The summed E-state index contributed by atoms with van der Waals surface area (Å²) in [5, 5.41) is 33.0. The van der Waals surface area contributed by atoms with Gasteiger partial charge in [-0.1, -0.05) is 19.8 Å². The standard InChI is InChI=1S/C17H28O5S/c1-2-15(18)17(21,16(19)20)9-5-3-4-6-10-22-11-7-14-8-12-23-13-14/h8,12-13,15,18,21H,2-7,9-11H2,1H3,(H,19,20). The first-order chi connectivity index (χ1) is 11.0. The topological polar surface area (TPSA) is 87.0 Å². The molecule has 132 valence electrons. The SMILES string of the molecule is CCC(O)C(O)(CCCCCCOCCc1ccsc1)C(=O)O. The maximum absolute atomic E-state index is 11.1. The molecule has 2 unspecified atom stereocenters. The van der Waals surface area contributed by atoms with Gasteiger partial charge in [0.2, 0.25) is 0 Å². The first kappa shape index (κ1) is 20.1. The van der Waals surface area contributed by atoms with Crippen LogP contribution in [0.2, 0.25) is 0 Å². The van der Waals surface area contributed by atoms with Crippen molar-refractivity contribution in [2.24, 2.45) is 0 Å². The lowest BCUT2D eigenvalue weighted by Crippen LogP contribution is -2.49. The highest BCUT2D eigenvalue weighted by Crippen LogP contribution is 2.22. The normalized spacial score (nSPS) is 15.3. The summed E-state index contributed by atoms with van der Waals surface area (Å²) >= 11 is 1.69. The van der Waals surface area contributed by atoms with Gasteiger partial charge in [-0.2, -0.15) is 11.3 Å². The first-order valence-electron chi connectivity index (χ1n) is 8.23. The lowest BCUT2D eigenvalue weighted by atomic mass is 9.89. The summed E-state index contributed by atoms with van der Waals surface area (Å²) in [5.41, 5.74) is -0.719. The van der Waals surface area contributed by atoms with Crippen molar-refractivity contribution >= 4 is 17.3 Å². The predicted octanol–water partition coefficient (Wildman–Crippen LogP) is 2.84. The predicted molar refractivity (Wildman–Crippen MR) is 90.8 cm³/mol. The minimum absolute atomic E-state index is 0.0797. The second-order valence-electron chi connectivity index (χ2n) is 5.81. The number of rotatable bonds is 13. The van der Waals surface area contributed by atoms with Gasteiger partial charge in [0.25, 0.3) is 0 Å². The number of carboxylic acid groups (broad SMARTS) is 1. The molecule has 1 aromatic heterocycles. The van der Waals surface area contributed by atoms with Crippen LogP contribution >= 0.6 is 11.3 Å². The van der Waals surface area contributed by atoms with Crippen LogP contribution in [0.5, 0.6) is 0 Å². The fourth-order valence-corrected chi connectivity index (χ4v) is 3.14. The van der Waals surface area contributed by atoms with E-state index in [-0.39, 0.29) is 12.8 Å². The molecule has 0 radical (unpaired) electrons. The van der Waals surface area contributed by atoms with Crippen molar-refractivity contribution in [3.8, 4) is 0 Å². The average molecular weight is 344 g/mol. The summed E-state index contributed by atoms with van der Waals surface area (Å²) in [5.74, 6) is -1.34. The molecule has 0 saturated carbocycles. The Bertz CT molecular complexity index is 434. The number of aliphatic hydroxyl groups excluding tert-OH is 1. The highest BCUT2D eigenvalue weighted by Gasteiger charge is 2.41. The quantitative estimate of drug-likeness (QED) is 0.479. The van der Waals surface area contributed by atoms with E-state index in [1.807, 2.05) is 0 Å². The van der Waals surface area contributed by atoms with Crippen molar-refractivity contribution in [2.45, 2.75) is 63.6 Å². The van der Waals surface area contributed by atoms with Gasteiger partial charge in [-0.05, 0) is 54.5 Å². The third-order valence-electron chi connectivity index (χ3n) is 4.02. The second-order valence-corrected chi connectivity index (χ2v) is 6.59. The summed E-state index contributed by atoms with van der Waals surface area (Å²) in [6.07, 6.45) is 3.26. The summed E-state index contributed by atoms with van der Waals surface area (Å²) in [6, 6.07) is 2.10. The molecule has 0 aliphatic carbocycles. The third-order valence-corrected chi connectivity index (χ3v) is 4.75. The Labute approximate surface area is 141 Å². The van der Waals surface area contributed by atoms with Crippen LogP contribution in [0.25, 0.3) is 0 Å². The lowest BCUT2D eigenvalue weighted by Gasteiger charge is -2.28. The van der Waals surface area contributed by atoms with Crippen LogP contribution in [0.15, 0.2) is 16.8 Å². The second kappa shape index (κ2) is 10.8. The molecule has 0 saturated heterocycles. The highest BCUT2D eigenvalue weighted by atomic mass is 32.1. The van der Waals surface area contributed by atoms with E-state index in [1.165, 1.54) is 5.56 Å². The van der Waals surface area contributed by atoms with E-state index >= 15 is 0 Å². The van der Waals surface area contributed by atoms with Crippen LogP contribution in [0, 0.1) is 0 Å². The van der Waals surface area contributed by atoms with Gasteiger partial charge in [-0.15, -0.1) is 0 Å². The Balaban J connectivity index is 2.04. The van der Waals surface area contributed by atoms with Gasteiger partial charge in [-0.3, -0.25) is 0 Å². The first-order valence-corrected chi connectivity index (χ1v) is 9.17. The fourth-order valence-electron chi connectivity index (χ4n) is 2.43. The lowest BCUT2D eigenvalue weighted by molar-refractivity contribution is -0.173. The molecule has 5 nitrogen and oxygen atoms in total. The van der Waals surface area contributed by atoms with Gasteiger partial charge < -0.3 is 20.1 Å². The van der Waals surface area contributed by atoms with Crippen LogP contribution in [-0.4, -0.2) is 46.2 Å². The number of carbonyl (C=O) groups is 1. The van der Waals surface area contributed by atoms with Gasteiger partial charge in [0.05, 0.1) is 12.7 Å². The highest BCUT2D eigenvalue weighted by molar-refractivity contribution is 7.07. The van der Waals surface area contributed by atoms with E-state index in [4.69, 9.17) is 9.84 Å². The fraction of sp³-hybridized carbons (Fsp3) is 0.706. The monoisotopic (exact) mass is 344 g/mol. The maximum Gasteiger partial charge on any atom is 0.338 e. The summed E-state index contributed by atoms with van der Waals surface area (Å²) in [7, 11) is 0. The number of thiophene rings is 1. The van der Waals surface area contributed by atoms with Gasteiger partial charge in [0, 0.05) is 6.61 Å². The van der Waals surface area contributed by atoms with E-state index in [1.54, 1.807) is 18.3 Å². The number of aliphatic hydroxyl groups is 2. The van der Waals surface area contributed by atoms with E-state index in [9.17, 15) is 15.0 Å². The van der Waals surface area contributed by atoms with E-state index in [0.29, 0.717) is 13.0 Å². The van der Waals surface area contributed by atoms with E-state index in [2.05, 4.69) is 16.8 Å². The zero-order valence-corrected chi connectivity index (χ0v) is 14.6. The van der Waals surface area contributed by atoms with Crippen molar-refractivity contribution in [2.75, 3.05) is 13.2 Å². The third kappa shape index (κ3) is 6.99. The Morgan fingerprint density at radius 1 is 1.30 bits per heavy atom. The van der Waals surface area contributed by atoms with Gasteiger partial charge >= 0.3 is 5.97 Å². The van der Waals surface area contributed by atoms with Crippen molar-refractivity contribution in [3.05, 3.63) is 22.4 Å². The minimum Gasteiger partial charge on any atom is -0.479 e. The van der Waals surface area contributed by atoms with Crippen molar-refractivity contribution < 1.29 is 24.9 Å². The van der Waals surface area contributed by atoms with Crippen LogP contribution < -0.4 is 0 Å². The van der Waals surface area contributed by atoms with Crippen molar-refractivity contribution in [1.82, 2.24) is 0 Å². The molecule has 0 aliphatic heterocycles. The van der Waals surface area contributed by atoms with Gasteiger partial charge in [0.15, 0.2) is 5.60 Å². The number of unbranched alkanes of at least 4 members (excludes halogenated alkanes) is 3. The average Bonchev–Trinajstić information content (AvgIpc) is 3.05. The van der Waals surface area contributed by atoms with Crippen LogP contribution in [0.4, 0.5) is 0 Å². The summed E-state index contributed by atoms with van der Waals surface area (Å²) in [4.78, 5) is 11.1. The molecular weight excluding hydrogens is 316 g/mol.